The molecule has 2 atom stereocenters. The smallest absolute Gasteiger partial charge is 0.119 e. The van der Waals surface area contributed by atoms with E-state index in [1.165, 1.54) is 36.8 Å². The van der Waals surface area contributed by atoms with Crippen molar-refractivity contribution in [3.8, 4) is 5.75 Å². The lowest BCUT2D eigenvalue weighted by Gasteiger charge is -2.41. The standard InChI is InChI=1S/C18H28N2O/c1-4-10-19-18-16-12-15(21-3)9-8-13(16)11-17(18)20(2)14-6-5-7-14/h8-9,12,14,17-19H,4-7,10-11H2,1-3H3. The third-order valence-electron chi connectivity index (χ3n) is 5.29. The van der Waals surface area contributed by atoms with Gasteiger partial charge >= 0.3 is 0 Å². The number of benzene rings is 1. The molecule has 21 heavy (non-hydrogen) atoms. The Kier molecular flexibility index (Phi) is 4.51. The lowest BCUT2D eigenvalue weighted by Crippen LogP contribution is -2.48. The minimum atomic E-state index is 0.445. The summed E-state index contributed by atoms with van der Waals surface area (Å²) in [5.74, 6) is 0.976. The Morgan fingerprint density at radius 3 is 2.76 bits per heavy atom. The first kappa shape index (κ1) is 14.9. The molecule has 0 bridgehead atoms. The van der Waals surface area contributed by atoms with Crippen LogP contribution in [0.3, 0.4) is 0 Å². The van der Waals surface area contributed by atoms with E-state index in [1.54, 1.807) is 7.11 Å². The predicted molar refractivity (Wildman–Crippen MR) is 86.9 cm³/mol. The van der Waals surface area contributed by atoms with E-state index in [1.807, 2.05) is 0 Å². The van der Waals surface area contributed by atoms with Crippen LogP contribution in [0.2, 0.25) is 0 Å². The third kappa shape index (κ3) is 2.82. The summed E-state index contributed by atoms with van der Waals surface area (Å²) >= 11 is 0. The third-order valence-corrected chi connectivity index (χ3v) is 5.29. The molecule has 0 radical (unpaired) electrons. The van der Waals surface area contributed by atoms with E-state index < -0.39 is 0 Å². The van der Waals surface area contributed by atoms with E-state index in [0.29, 0.717) is 12.1 Å². The predicted octanol–water partition coefficient (Wildman–Crippen LogP) is 3.14. The number of rotatable bonds is 6. The zero-order chi connectivity index (χ0) is 14.8. The van der Waals surface area contributed by atoms with Gasteiger partial charge in [-0.1, -0.05) is 19.4 Å². The summed E-state index contributed by atoms with van der Waals surface area (Å²) < 4.78 is 5.43. The minimum Gasteiger partial charge on any atom is -0.497 e. The topological polar surface area (TPSA) is 24.5 Å². The Morgan fingerprint density at radius 1 is 1.33 bits per heavy atom. The molecule has 2 aliphatic rings. The summed E-state index contributed by atoms with van der Waals surface area (Å²) in [6.07, 6.45) is 6.47. The first-order valence-electron chi connectivity index (χ1n) is 8.36. The summed E-state index contributed by atoms with van der Waals surface area (Å²) in [6.45, 7) is 3.31. The molecule has 1 aromatic rings. The number of fused-ring (bicyclic) bond motifs is 1. The van der Waals surface area contributed by atoms with E-state index in [0.717, 1.165) is 24.8 Å². The molecule has 2 unspecified atom stereocenters. The number of methoxy groups -OCH3 is 1. The van der Waals surface area contributed by atoms with Crippen molar-refractivity contribution in [2.45, 2.75) is 57.2 Å². The maximum atomic E-state index is 5.43. The summed E-state index contributed by atoms with van der Waals surface area (Å²) in [5, 5.41) is 3.78. The van der Waals surface area contributed by atoms with E-state index >= 15 is 0 Å². The van der Waals surface area contributed by atoms with Crippen LogP contribution in [0.15, 0.2) is 18.2 Å². The van der Waals surface area contributed by atoms with Crippen LogP contribution >= 0.6 is 0 Å². The van der Waals surface area contributed by atoms with Crippen LogP contribution in [-0.2, 0) is 6.42 Å². The van der Waals surface area contributed by atoms with Crippen LogP contribution in [0.4, 0.5) is 0 Å². The molecule has 1 N–H and O–H groups in total. The van der Waals surface area contributed by atoms with Crippen LogP contribution in [0.5, 0.6) is 5.75 Å². The van der Waals surface area contributed by atoms with Crippen LogP contribution in [-0.4, -0.2) is 37.7 Å². The summed E-state index contributed by atoms with van der Waals surface area (Å²) in [6, 6.07) is 8.41. The zero-order valence-corrected chi connectivity index (χ0v) is 13.6. The molecule has 2 aliphatic carbocycles. The fraction of sp³-hybridized carbons (Fsp3) is 0.667. The van der Waals surface area contributed by atoms with Gasteiger partial charge in [-0.05, 0) is 62.5 Å². The second-order valence-corrected chi connectivity index (χ2v) is 6.52. The molecule has 0 aromatic heterocycles. The monoisotopic (exact) mass is 288 g/mol. The number of hydrogen-bond acceptors (Lipinski definition) is 3. The van der Waals surface area contributed by atoms with Gasteiger partial charge in [0, 0.05) is 18.1 Å². The lowest BCUT2D eigenvalue weighted by molar-refractivity contribution is 0.0934. The van der Waals surface area contributed by atoms with Crippen molar-refractivity contribution in [2.24, 2.45) is 0 Å². The van der Waals surface area contributed by atoms with Gasteiger partial charge in [-0.15, -0.1) is 0 Å². The SMILES string of the molecule is CCCNC1c2cc(OC)ccc2CC1N(C)C1CCC1. The molecule has 0 spiro atoms. The van der Waals surface area contributed by atoms with Gasteiger partial charge in [-0.2, -0.15) is 0 Å². The van der Waals surface area contributed by atoms with Gasteiger partial charge in [0.1, 0.15) is 5.75 Å². The van der Waals surface area contributed by atoms with Crippen molar-refractivity contribution in [3.63, 3.8) is 0 Å². The molecular formula is C18H28N2O. The molecule has 0 amide bonds. The molecule has 3 heteroatoms. The number of likely N-dealkylation sites (N-methyl/N-ethyl adjacent to an activating group) is 1. The molecule has 116 valence electrons. The average molecular weight is 288 g/mol. The van der Waals surface area contributed by atoms with Gasteiger partial charge in [-0.3, -0.25) is 4.90 Å². The largest absolute Gasteiger partial charge is 0.497 e. The number of hydrogen-bond donors (Lipinski definition) is 1. The molecule has 1 saturated carbocycles. The second-order valence-electron chi connectivity index (χ2n) is 6.52. The molecule has 1 aromatic carbocycles. The molecule has 1 fully saturated rings. The van der Waals surface area contributed by atoms with Crippen molar-refractivity contribution in [1.82, 2.24) is 10.2 Å². The van der Waals surface area contributed by atoms with E-state index in [4.69, 9.17) is 4.74 Å². The highest BCUT2D eigenvalue weighted by molar-refractivity contribution is 5.43. The fourth-order valence-corrected chi connectivity index (χ4v) is 3.72. The maximum absolute atomic E-state index is 5.43. The van der Waals surface area contributed by atoms with Crippen LogP contribution in [0, 0.1) is 0 Å². The first-order chi connectivity index (χ1) is 10.2. The number of nitrogens with one attached hydrogen (secondary N) is 1. The molecule has 0 aliphatic heterocycles. The molecule has 0 heterocycles. The van der Waals surface area contributed by atoms with Gasteiger partial charge in [0.25, 0.3) is 0 Å². The maximum Gasteiger partial charge on any atom is 0.119 e. The van der Waals surface area contributed by atoms with Gasteiger partial charge < -0.3 is 10.1 Å². The van der Waals surface area contributed by atoms with Crippen LogP contribution in [0.25, 0.3) is 0 Å². The molecule has 3 nitrogen and oxygen atoms in total. The van der Waals surface area contributed by atoms with Gasteiger partial charge in [0.2, 0.25) is 0 Å². The molecule has 0 saturated heterocycles. The van der Waals surface area contributed by atoms with Crippen LogP contribution in [0.1, 0.15) is 49.8 Å². The van der Waals surface area contributed by atoms with E-state index in [-0.39, 0.29) is 0 Å². The second kappa shape index (κ2) is 6.37. The Hall–Kier alpha value is -1.06. The van der Waals surface area contributed by atoms with Crippen LogP contribution < -0.4 is 10.1 Å². The summed E-state index contributed by atoms with van der Waals surface area (Å²) in [4.78, 5) is 2.63. The lowest BCUT2D eigenvalue weighted by atomic mass is 9.90. The summed E-state index contributed by atoms with van der Waals surface area (Å²) in [5.41, 5.74) is 2.93. The quantitative estimate of drug-likeness (QED) is 0.870. The first-order valence-corrected chi connectivity index (χ1v) is 8.36. The summed E-state index contributed by atoms with van der Waals surface area (Å²) in [7, 11) is 4.07. The van der Waals surface area contributed by atoms with Crippen molar-refractivity contribution >= 4 is 0 Å². The minimum absolute atomic E-state index is 0.445. The molecule has 3 rings (SSSR count). The highest BCUT2D eigenvalue weighted by atomic mass is 16.5. The highest BCUT2D eigenvalue weighted by Gasteiger charge is 2.38. The zero-order valence-electron chi connectivity index (χ0n) is 13.6. The van der Waals surface area contributed by atoms with Crippen molar-refractivity contribution in [2.75, 3.05) is 20.7 Å². The normalized spacial score (nSPS) is 25.0. The number of ether oxygens (including phenoxy) is 1. The van der Waals surface area contributed by atoms with E-state index in [2.05, 4.69) is 42.4 Å². The Morgan fingerprint density at radius 2 is 2.14 bits per heavy atom. The van der Waals surface area contributed by atoms with Crippen molar-refractivity contribution < 1.29 is 4.74 Å². The van der Waals surface area contributed by atoms with Gasteiger partial charge in [0.05, 0.1) is 7.11 Å². The fourth-order valence-electron chi connectivity index (χ4n) is 3.72. The molecular weight excluding hydrogens is 260 g/mol. The van der Waals surface area contributed by atoms with Gasteiger partial charge in [0.15, 0.2) is 0 Å². The Balaban J connectivity index is 1.83. The Bertz CT molecular complexity index is 484. The van der Waals surface area contributed by atoms with Gasteiger partial charge in [-0.25, -0.2) is 0 Å². The Labute approximate surface area is 128 Å². The average Bonchev–Trinajstić information content (AvgIpc) is 2.80. The highest BCUT2D eigenvalue weighted by Crippen LogP contribution is 2.39. The number of nitrogens with zero attached hydrogens (tertiary/aromatic N) is 1. The van der Waals surface area contributed by atoms with E-state index in [9.17, 15) is 0 Å². The van der Waals surface area contributed by atoms with Crippen molar-refractivity contribution in [3.05, 3.63) is 29.3 Å². The van der Waals surface area contributed by atoms with Crippen molar-refractivity contribution in [1.29, 1.82) is 0 Å².